The Bertz CT molecular complexity index is 980. The number of thiazole rings is 1. The second-order valence-electron chi connectivity index (χ2n) is 6.74. The van der Waals surface area contributed by atoms with E-state index in [0.717, 1.165) is 27.5 Å². The molecule has 1 aliphatic rings. The number of amides is 1. The molecule has 2 N–H and O–H groups in total. The van der Waals surface area contributed by atoms with Gasteiger partial charge in [0.25, 0.3) is 0 Å². The summed E-state index contributed by atoms with van der Waals surface area (Å²) < 4.78 is 0. The highest BCUT2D eigenvalue weighted by atomic mass is 32.1. The maximum Gasteiger partial charge on any atom is 0.227 e. The Morgan fingerprint density at radius 2 is 2.11 bits per heavy atom. The molecule has 0 radical (unpaired) electrons. The van der Waals surface area contributed by atoms with Crippen molar-refractivity contribution in [2.75, 3.05) is 5.32 Å². The summed E-state index contributed by atoms with van der Waals surface area (Å²) in [6, 6.07) is 9.78. The quantitative estimate of drug-likeness (QED) is 0.672. The van der Waals surface area contributed by atoms with Gasteiger partial charge in [0.15, 0.2) is 0 Å². The first-order valence-electron chi connectivity index (χ1n) is 8.99. The first-order chi connectivity index (χ1) is 13.1. The fourth-order valence-corrected chi connectivity index (χ4v) is 4.03. The molecule has 1 aromatic carbocycles. The summed E-state index contributed by atoms with van der Waals surface area (Å²) in [6.07, 6.45) is 4.26. The number of benzene rings is 1. The highest BCUT2D eigenvalue weighted by molar-refractivity contribution is 7.15. The lowest BCUT2D eigenvalue weighted by atomic mass is 10.2. The molecule has 0 aliphatic heterocycles. The Morgan fingerprint density at radius 3 is 2.89 bits per heavy atom. The largest absolute Gasteiger partial charge is 0.352 e. The molecular formula is C20H21N5OS. The van der Waals surface area contributed by atoms with E-state index < -0.39 is 0 Å². The first-order valence-corrected chi connectivity index (χ1v) is 9.81. The van der Waals surface area contributed by atoms with E-state index in [1.807, 2.05) is 37.3 Å². The average Bonchev–Trinajstić information content (AvgIpc) is 3.43. The van der Waals surface area contributed by atoms with Crippen LogP contribution in [-0.4, -0.2) is 20.9 Å². The maximum atomic E-state index is 11.1. The molecule has 1 saturated carbocycles. The van der Waals surface area contributed by atoms with Gasteiger partial charge in [0, 0.05) is 31.3 Å². The third-order valence-electron chi connectivity index (χ3n) is 4.35. The van der Waals surface area contributed by atoms with Crippen LogP contribution >= 0.6 is 11.3 Å². The van der Waals surface area contributed by atoms with E-state index >= 15 is 0 Å². The van der Waals surface area contributed by atoms with Gasteiger partial charge in [-0.1, -0.05) is 12.1 Å². The van der Waals surface area contributed by atoms with Crippen LogP contribution in [0.1, 0.15) is 41.9 Å². The number of aromatic nitrogens is 3. The van der Waals surface area contributed by atoms with Crippen molar-refractivity contribution in [2.45, 2.75) is 39.2 Å². The average molecular weight is 379 g/mol. The van der Waals surface area contributed by atoms with Gasteiger partial charge >= 0.3 is 0 Å². The lowest BCUT2D eigenvalue weighted by Gasteiger charge is -2.08. The fraction of sp³-hybridized carbons (Fsp3) is 0.300. The van der Waals surface area contributed by atoms with Crippen molar-refractivity contribution in [1.82, 2.24) is 20.3 Å². The third-order valence-corrected chi connectivity index (χ3v) is 5.69. The van der Waals surface area contributed by atoms with E-state index in [2.05, 4.69) is 20.6 Å². The molecule has 4 rings (SSSR count). The first kappa shape index (κ1) is 17.6. The second kappa shape index (κ2) is 7.44. The summed E-state index contributed by atoms with van der Waals surface area (Å²) in [5, 5.41) is 7.28. The molecule has 0 bridgehead atoms. The van der Waals surface area contributed by atoms with Crippen LogP contribution in [0.4, 0.5) is 11.6 Å². The van der Waals surface area contributed by atoms with Gasteiger partial charge in [-0.05, 0) is 43.5 Å². The minimum Gasteiger partial charge on any atom is -0.352 e. The predicted octanol–water partition coefficient (Wildman–Crippen LogP) is 4.17. The number of aryl methyl sites for hydroxylation is 1. The van der Waals surface area contributed by atoms with Gasteiger partial charge in [-0.3, -0.25) is 4.79 Å². The van der Waals surface area contributed by atoms with Crippen molar-refractivity contribution in [2.24, 2.45) is 0 Å². The standard InChI is InChI=1S/C20H21N5OS/c1-12-18(27-19(23-12)15-6-7-15)17-8-9-21-20(25-17)24-16-5-3-4-14(10-16)11-22-13(2)26/h3-5,8-10,15H,6-7,11H2,1-2H3,(H,22,26)(H,21,24,25). The van der Waals surface area contributed by atoms with Gasteiger partial charge in [-0.25, -0.2) is 15.0 Å². The van der Waals surface area contributed by atoms with Crippen LogP contribution in [0.25, 0.3) is 10.6 Å². The number of hydrogen-bond donors (Lipinski definition) is 2. The maximum absolute atomic E-state index is 11.1. The number of hydrogen-bond acceptors (Lipinski definition) is 6. The highest BCUT2D eigenvalue weighted by Crippen LogP contribution is 2.44. The number of nitrogens with one attached hydrogen (secondary N) is 2. The van der Waals surface area contributed by atoms with Crippen molar-refractivity contribution in [3.05, 3.63) is 52.8 Å². The van der Waals surface area contributed by atoms with Gasteiger partial charge in [-0.15, -0.1) is 11.3 Å². The summed E-state index contributed by atoms with van der Waals surface area (Å²) in [7, 11) is 0. The minimum absolute atomic E-state index is 0.0464. The molecule has 1 fully saturated rings. The Balaban J connectivity index is 1.53. The van der Waals surface area contributed by atoms with Gasteiger partial charge in [-0.2, -0.15) is 0 Å². The molecule has 0 unspecified atom stereocenters. The van der Waals surface area contributed by atoms with E-state index in [4.69, 9.17) is 4.98 Å². The summed E-state index contributed by atoms with van der Waals surface area (Å²) in [5.41, 5.74) is 3.82. The Labute approximate surface area is 162 Å². The van der Waals surface area contributed by atoms with E-state index in [1.165, 1.54) is 24.8 Å². The van der Waals surface area contributed by atoms with Crippen LogP contribution in [0.3, 0.4) is 0 Å². The topological polar surface area (TPSA) is 79.8 Å². The number of nitrogens with zero attached hydrogens (tertiary/aromatic N) is 3. The summed E-state index contributed by atoms with van der Waals surface area (Å²) in [5.74, 6) is 1.15. The molecule has 27 heavy (non-hydrogen) atoms. The van der Waals surface area contributed by atoms with Crippen molar-refractivity contribution in [1.29, 1.82) is 0 Å². The van der Waals surface area contributed by atoms with Crippen LogP contribution in [0.2, 0.25) is 0 Å². The Hall–Kier alpha value is -2.80. The van der Waals surface area contributed by atoms with E-state index in [-0.39, 0.29) is 5.91 Å². The third kappa shape index (κ3) is 4.31. The normalized spacial score (nSPS) is 13.4. The molecule has 0 atom stereocenters. The zero-order valence-corrected chi connectivity index (χ0v) is 16.1. The number of rotatable bonds is 6. The lowest BCUT2D eigenvalue weighted by Crippen LogP contribution is -2.18. The van der Waals surface area contributed by atoms with Crippen LogP contribution in [0, 0.1) is 6.92 Å². The predicted molar refractivity (Wildman–Crippen MR) is 107 cm³/mol. The van der Waals surface area contributed by atoms with Crippen LogP contribution in [-0.2, 0) is 11.3 Å². The minimum atomic E-state index is -0.0464. The molecule has 2 aromatic heterocycles. The molecule has 1 aliphatic carbocycles. The van der Waals surface area contributed by atoms with Crippen molar-refractivity contribution in [3.63, 3.8) is 0 Å². The lowest BCUT2D eigenvalue weighted by molar-refractivity contribution is -0.119. The van der Waals surface area contributed by atoms with Gasteiger partial charge < -0.3 is 10.6 Å². The van der Waals surface area contributed by atoms with E-state index in [1.54, 1.807) is 17.5 Å². The van der Waals surface area contributed by atoms with Gasteiger partial charge in [0.2, 0.25) is 11.9 Å². The molecule has 138 valence electrons. The smallest absolute Gasteiger partial charge is 0.227 e. The summed E-state index contributed by atoms with van der Waals surface area (Å²) >= 11 is 1.74. The van der Waals surface area contributed by atoms with Crippen LogP contribution in [0.15, 0.2) is 36.5 Å². The van der Waals surface area contributed by atoms with Crippen LogP contribution in [0.5, 0.6) is 0 Å². The Kier molecular flexibility index (Phi) is 4.85. The summed E-state index contributed by atoms with van der Waals surface area (Å²) in [6.45, 7) is 4.05. The van der Waals surface area contributed by atoms with Crippen LogP contribution < -0.4 is 10.6 Å². The Morgan fingerprint density at radius 1 is 1.26 bits per heavy atom. The number of carbonyl (C=O) groups excluding carboxylic acids is 1. The number of anilines is 2. The highest BCUT2D eigenvalue weighted by Gasteiger charge is 2.28. The molecular weight excluding hydrogens is 358 g/mol. The zero-order chi connectivity index (χ0) is 18.8. The molecule has 1 amide bonds. The van der Waals surface area contributed by atoms with Crippen molar-refractivity contribution < 1.29 is 4.79 Å². The fourth-order valence-electron chi connectivity index (χ4n) is 2.82. The van der Waals surface area contributed by atoms with Gasteiger partial charge in [0.05, 0.1) is 21.3 Å². The molecule has 3 aromatic rings. The van der Waals surface area contributed by atoms with E-state index in [0.29, 0.717) is 18.4 Å². The monoisotopic (exact) mass is 379 g/mol. The number of carbonyl (C=O) groups is 1. The molecule has 6 nitrogen and oxygen atoms in total. The SMILES string of the molecule is CC(=O)NCc1cccc(Nc2nccc(-c3sc(C4CC4)nc3C)n2)c1. The summed E-state index contributed by atoms with van der Waals surface area (Å²) in [4.78, 5) is 25.9. The van der Waals surface area contributed by atoms with Gasteiger partial charge in [0.1, 0.15) is 0 Å². The van der Waals surface area contributed by atoms with Crippen molar-refractivity contribution >= 4 is 28.9 Å². The molecule has 2 heterocycles. The van der Waals surface area contributed by atoms with Crippen molar-refractivity contribution in [3.8, 4) is 10.6 Å². The second-order valence-corrected chi connectivity index (χ2v) is 7.77. The zero-order valence-electron chi connectivity index (χ0n) is 15.3. The van der Waals surface area contributed by atoms with E-state index in [9.17, 15) is 4.79 Å². The molecule has 0 spiro atoms. The molecule has 7 heteroatoms. The molecule has 0 saturated heterocycles.